The third-order valence-corrected chi connectivity index (χ3v) is 2.87. The number of carbonyl (C=O) groups excluding carboxylic acids is 1. The number of carbonyl (C=O) groups is 1. The van der Waals surface area contributed by atoms with Crippen molar-refractivity contribution >= 4 is 5.78 Å². The molecule has 0 N–H and O–H groups in total. The number of benzene rings is 1. The molecule has 1 heteroatoms. The summed E-state index contributed by atoms with van der Waals surface area (Å²) in [5.41, 5.74) is 3.55. The zero-order chi connectivity index (χ0) is 10.3. The van der Waals surface area contributed by atoms with E-state index in [1.54, 1.807) is 0 Å². The lowest BCUT2D eigenvalue weighted by atomic mass is 9.73. The predicted molar refractivity (Wildman–Crippen MR) is 57.6 cm³/mol. The lowest BCUT2D eigenvalue weighted by Crippen LogP contribution is -2.26. The maximum atomic E-state index is 11.8. The number of rotatable bonds is 0. The molecular weight excluding hydrogens is 172 g/mol. The van der Waals surface area contributed by atoms with E-state index in [0.29, 0.717) is 12.2 Å². The van der Waals surface area contributed by atoms with Gasteiger partial charge in [0.2, 0.25) is 0 Å². The summed E-state index contributed by atoms with van der Waals surface area (Å²) < 4.78 is 0. The largest absolute Gasteiger partial charge is 0.294 e. The molecule has 0 atom stereocenters. The fraction of sp³-hybridized carbons (Fsp3) is 0.462. The van der Waals surface area contributed by atoms with Crippen molar-refractivity contribution in [3.8, 4) is 0 Å². The summed E-state index contributed by atoms with van der Waals surface area (Å²) in [6.07, 6.45) is 1.71. The monoisotopic (exact) mass is 188 g/mol. The Kier molecular flexibility index (Phi) is 1.99. The van der Waals surface area contributed by atoms with Gasteiger partial charge in [0.05, 0.1) is 0 Å². The first-order valence-corrected chi connectivity index (χ1v) is 5.11. The minimum absolute atomic E-state index is 0.137. The molecule has 0 aromatic heterocycles. The Bertz CT molecular complexity index is 388. The first-order chi connectivity index (χ1) is 6.48. The molecule has 2 rings (SSSR count). The standard InChI is InChI=1S/C13H16O/c1-9-4-5-11-10(6-9)7-13(2,3)8-12(11)14/h4-6H,7-8H2,1-3H3. The molecule has 14 heavy (non-hydrogen) atoms. The molecule has 0 radical (unpaired) electrons. The van der Waals surface area contributed by atoms with Crippen molar-refractivity contribution in [2.75, 3.05) is 0 Å². The molecule has 0 spiro atoms. The van der Waals surface area contributed by atoms with Gasteiger partial charge < -0.3 is 0 Å². The topological polar surface area (TPSA) is 17.1 Å². The summed E-state index contributed by atoms with van der Waals surface area (Å²) in [5, 5.41) is 0. The number of Topliss-reactive ketones (excluding diaryl/α,β-unsaturated/α-hetero) is 1. The van der Waals surface area contributed by atoms with Crippen LogP contribution in [0.25, 0.3) is 0 Å². The second-order valence-corrected chi connectivity index (χ2v) is 5.10. The minimum Gasteiger partial charge on any atom is -0.294 e. The van der Waals surface area contributed by atoms with Gasteiger partial charge in [0, 0.05) is 12.0 Å². The number of aryl methyl sites for hydroxylation is 1. The Labute approximate surface area is 85.1 Å². The fourth-order valence-corrected chi connectivity index (χ4v) is 2.25. The van der Waals surface area contributed by atoms with Crippen LogP contribution in [0.3, 0.4) is 0 Å². The molecule has 74 valence electrons. The van der Waals surface area contributed by atoms with Gasteiger partial charge in [-0.3, -0.25) is 4.79 Å². The number of fused-ring (bicyclic) bond motifs is 1. The SMILES string of the molecule is Cc1ccc2c(c1)CC(C)(C)CC2=O. The van der Waals surface area contributed by atoms with Crippen molar-refractivity contribution in [1.29, 1.82) is 0 Å². The molecule has 1 nitrogen and oxygen atoms in total. The highest BCUT2D eigenvalue weighted by Crippen LogP contribution is 2.34. The van der Waals surface area contributed by atoms with Crippen LogP contribution in [0.2, 0.25) is 0 Å². The molecule has 0 amide bonds. The molecule has 0 bridgehead atoms. The second kappa shape index (κ2) is 2.94. The Morgan fingerprint density at radius 1 is 1.21 bits per heavy atom. The summed E-state index contributed by atoms with van der Waals surface area (Å²) in [6, 6.07) is 6.14. The normalized spacial score (nSPS) is 19.2. The minimum atomic E-state index is 0.137. The summed E-state index contributed by atoms with van der Waals surface area (Å²) in [6.45, 7) is 6.40. The molecule has 1 aliphatic rings. The van der Waals surface area contributed by atoms with E-state index < -0.39 is 0 Å². The molecule has 0 aliphatic heterocycles. The molecule has 1 aliphatic carbocycles. The Balaban J connectivity index is 2.51. The average Bonchev–Trinajstić information content (AvgIpc) is 2.00. The van der Waals surface area contributed by atoms with E-state index in [-0.39, 0.29) is 5.41 Å². The first-order valence-electron chi connectivity index (χ1n) is 5.11. The number of ketones is 1. The van der Waals surface area contributed by atoms with Crippen molar-refractivity contribution in [1.82, 2.24) is 0 Å². The molecule has 0 fully saturated rings. The molecule has 0 saturated carbocycles. The van der Waals surface area contributed by atoms with Gasteiger partial charge >= 0.3 is 0 Å². The van der Waals surface area contributed by atoms with Crippen LogP contribution in [0, 0.1) is 12.3 Å². The molecule has 1 aromatic rings. The zero-order valence-corrected chi connectivity index (χ0v) is 9.05. The van der Waals surface area contributed by atoms with E-state index in [1.165, 1.54) is 11.1 Å². The first kappa shape index (κ1) is 9.45. The van der Waals surface area contributed by atoms with Crippen LogP contribution in [0.15, 0.2) is 18.2 Å². The van der Waals surface area contributed by atoms with Crippen molar-refractivity contribution in [3.63, 3.8) is 0 Å². The lowest BCUT2D eigenvalue weighted by molar-refractivity contribution is 0.0912. The van der Waals surface area contributed by atoms with Crippen molar-refractivity contribution in [2.45, 2.75) is 33.6 Å². The second-order valence-electron chi connectivity index (χ2n) is 5.10. The molecule has 1 aromatic carbocycles. The van der Waals surface area contributed by atoms with Crippen LogP contribution < -0.4 is 0 Å². The highest BCUT2D eigenvalue weighted by atomic mass is 16.1. The highest BCUT2D eigenvalue weighted by molar-refractivity contribution is 5.99. The Hall–Kier alpha value is -1.11. The Morgan fingerprint density at radius 3 is 2.64 bits per heavy atom. The van der Waals surface area contributed by atoms with Crippen LogP contribution in [0.1, 0.15) is 41.8 Å². The molecular formula is C13H16O. The maximum absolute atomic E-state index is 11.8. The van der Waals surface area contributed by atoms with Crippen LogP contribution in [0.5, 0.6) is 0 Å². The average molecular weight is 188 g/mol. The number of hydrogen-bond acceptors (Lipinski definition) is 1. The van der Waals surface area contributed by atoms with Gasteiger partial charge in [0.15, 0.2) is 5.78 Å². The van der Waals surface area contributed by atoms with Crippen LogP contribution in [-0.4, -0.2) is 5.78 Å². The van der Waals surface area contributed by atoms with Gasteiger partial charge in [-0.15, -0.1) is 0 Å². The molecule has 0 heterocycles. The zero-order valence-electron chi connectivity index (χ0n) is 9.05. The predicted octanol–water partition coefficient (Wildman–Crippen LogP) is 3.15. The van der Waals surface area contributed by atoms with Crippen LogP contribution in [-0.2, 0) is 6.42 Å². The quantitative estimate of drug-likeness (QED) is 0.611. The van der Waals surface area contributed by atoms with E-state index in [1.807, 2.05) is 12.1 Å². The third kappa shape index (κ3) is 1.59. The Morgan fingerprint density at radius 2 is 1.93 bits per heavy atom. The van der Waals surface area contributed by atoms with Gasteiger partial charge in [-0.1, -0.05) is 37.6 Å². The van der Waals surface area contributed by atoms with Crippen molar-refractivity contribution < 1.29 is 4.79 Å². The van der Waals surface area contributed by atoms with Gasteiger partial charge in [-0.2, -0.15) is 0 Å². The fourth-order valence-electron chi connectivity index (χ4n) is 2.25. The van der Waals surface area contributed by atoms with Crippen molar-refractivity contribution in [2.24, 2.45) is 5.41 Å². The van der Waals surface area contributed by atoms with Crippen LogP contribution in [0.4, 0.5) is 0 Å². The van der Waals surface area contributed by atoms with E-state index in [9.17, 15) is 4.79 Å². The van der Waals surface area contributed by atoms with Crippen LogP contribution >= 0.6 is 0 Å². The van der Waals surface area contributed by atoms with E-state index >= 15 is 0 Å². The van der Waals surface area contributed by atoms with Gasteiger partial charge in [-0.05, 0) is 24.3 Å². The number of hydrogen-bond donors (Lipinski definition) is 0. The van der Waals surface area contributed by atoms with Gasteiger partial charge in [-0.25, -0.2) is 0 Å². The third-order valence-electron chi connectivity index (χ3n) is 2.87. The van der Waals surface area contributed by atoms with Gasteiger partial charge in [0.1, 0.15) is 0 Å². The van der Waals surface area contributed by atoms with Gasteiger partial charge in [0.25, 0.3) is 0 Å². The summed E-state index contributed by atoms with van der Waals surface area (Å²) in [7, 11) is 0. The van der Waals surface area contributed by atoms with Crippen molar-refractivity contribution in [3.05, 3.63) is 34.9 Å². The molecule has 0 saturated heterocycles. The van der Waals surface area contributed by atoms with E-state index in [2.05, 4.69) is 26.8 Å². The highest BCUT2D eigenvalue weighted by Gasteiger charge is 2.30. The summed E-state index contributed by atoms with van der Waals surface area (Å²) in [5.74, 6) is 0.302. The van der Waals surface area contributed by atoms with E-state index in [0.717, 1.165) is 12.0 Å². The maximum Gasteiger partial charge on any atom is 0.163 e. The molecule has 0 unspecified atom stereocenters. The lowest BCUT2D eigenvalue weighted by Gasteiger charge is -2.30. The summed E-state index contributed by atoms with van der Waals surface area (Å²) >= 11 is 0. The summed E-state index contributed by atoms with van der Waals surface area (Å²) in [4.78, 5) is 11.8. The smallest absolute Gasteiger partial charge is 0.163 e. The van der Waals surface area contributed by atoms with E-state index in [4.69, 9.17) is 0 Å².